The van der Waals surface area contributed by atoms with E-state index in [0.717, 1.165) is 18.4 Å². The van der Waals surface area contributed by atoms with Gasteiger partial charge in [0.25, 0.3) is 0 Å². The van der Waals surface area contributed by atoms with Gasteiger partial charge in [-0.3, -0.25) is 9.78 Å². The third kappa shape index (κ3) is 1.62. The molecule has 68 valence electrons. The summed E-state index contributed by atoms with van der Waals surface area (Å²) in [6, 6.07) is 3.77. The molecule has 0 saturated heterocycles. The highest BCUT2D eigenvalue weighted by Crippen LogP contribution is 2.29. The molecule has 1 aromatic rings. The number of aryl methyl sites for hydroxylation is 1. The smallest absolute Gasteiger partial charge is 0.184 e. The van der Waals surface area contributed by atoms with E-state index in [4.69, 9.17) is 0 Å². The standard InChI is InChI=1S/C11H13NO/c1-8-5-6-10(12-7-8)11(13)9-3-2-4-9/h5-7,9H,2-4H2,1H3. The van der Waals surface area contributed by atoms with E-state index in [1.54, 1.807) is 6.20 Å². The number of nitrogens with zero attached hydrogens (tertiary/aromatic N) is 1. The van der Waals surface area contributed by atoms with Crippen LogP contribution in [0.15, 0.2) is 18.3 Å². The Hall–Kier alpha value is -1.18. The fourth-order valence-corrected chi connectivity index (χ4v) is 1.49. The summed E-state index contributed by atoms with van der Waals surface area (Å²) in [5, 5.41) is 0. The minimum atomic E-state index is 0.228. The molecule has 0 amide bonds. The molecule has 0 atom stereocenters. The lowest BCUT2D eigenvalue weighted by Crippen LogP contribution is -2.22. The number of carbonyl (C=O) groups is 1. The highest BCUT2D eigenvalue weighted by Gasteiger charge is 2.26. The second-order valence-corrected chi connectivity index (χ2v) is 3.71. The van der Waals surface area contributed by atoms with Gasteiger partial charge in [0.1, 0.15) is 5.69 Å². The predicted octanol–water partition coefficient (Wildman–Crippen LogP) is 2.37. The molecule has 1 fully saturated rings. The molecule has 2 heteroatoms. The second kappa shape index (κ2) is 3.29. The Labute approximate surface area is 78.0 Å². The number of hydrogen-bond donors (Lipinski definition) is 0. The zero-order chi connectivity index (χ0) is 9.26. The maximum Gasteiger partial charge on any atom is 0.184 e. The van der Waals surface area contributed by atoms with Gasteiger partial charge in [-0.2, -0.15) is 0 Å². The number of pyridine rings is 1. The van der Waals surface area contributed by atoms with Gasteiger partial charge in [-0.1, -0.05) is 12.5 Å². The highest BCUT2D eigenvalue weighted by molar-refractivity contribution is 5.96. The van der Waals surface area contributed by atoms with Crippen LogP contribution in [0.5, 0.6) is 0 Å². The van der Waals surface area contributed by atoms with Crippen LogP contribution in [0, 0.1) is 12.8 Å². The lowest BCUT2D eigenvalue weighted by molar-refractivity contribution is 0.0850. The van der Waals surface area contributed by atoms with Gasteiger partial charge in [0.05, 0.1) is 0 Å². The first kappa shape index (κ1) is 8.42. The molecule has 1 heterocycles. The minimum absolute atomic E-state index is 0.228. The molecular formula is C11H13NO. The SMILES string of the molecule is Cc1ccc(C(=O)C2CCC2)nc1. The van der Waals surface area contributed by atoms with E-state index in [2.05, 4.69) is 4.98 Å². The summed E-state index contributed by atoms with van der Waals surface area (Å²) in [6.07, 6.45) is 5.05. The average Bonchev–Trinajstić information content (AvgIpc) is 2.02. The average molecular weight is 175 g/mol. The Morgan fingerprint density at radius 1 is 1.46 bits per heavy atom. The molecule has 0 unspecified atom stereocenters. The first-order valence-corrected chi connectivity index (χ1v) is 4.74. The molecule has 0 spiro atoms. The largest absolute Gasteiger partial charge is 0.292 e. The summed E-state index contributed by atoms with van der Waals surface area (Å²) < 4.78 is 0. The van der Waals surface area contributed by atoms with Crippen molar-refractivity contribution in [3.8, 4) is 0 Å². The van der Waals surface area contributed by atoms with Gasteiger partial charge in [0.2, 0.25) is 0 Å². The van der Waals surface area contributed by atoms with E-state index in [0.29, 0.717) is 5.69 Å². The molecular weight excluding hydrogens is 162 g/mol. The maximum atomic E-state index is 11.7. The van der Waals surface area contributed by atoms with Gasteiger partial charge in [0.15, 0.2) is 5.78 Å². The van der Waals surface area contributed by atoms with E-state index < -0.39 is 0 Å². The maximum absolute atomic E-state index is 11.7. The monoisotopic (exact) mass is 175 g/mol. The molecule has 1 aliphatic rings. The summed E-state index contributed by atoms with van der Waals surface area (Å²) >= 11 is 0. The molecule has 0 bridgehead atoms. The van der Waals surface area contributed by atoms with Crippen LogP contribution in [0.25, 0.3) is 0 Å². The quantitative estimate of drug-likeness (QED) is 0.646. The first-order valence-electron chi connectivity index (χ1n) is 4.74. The molecule has 1 aliphatic carbocycles. The Morgan fingerprint density at radius 2 is 2.23 bits per heavy atom. The van der Waals surface area contributed by atoms with Gasteiger partial charge in [-0.25, -0.2) is 0 Å². The van der Waals surface area contributed by atoms with Crippen molar-refractivity contribution in [3.05, 3.63) is 29.6 Å². The number of Topliss-reactive ketones (excluding diaryl/α,β-unsaturated/α-hetero) is 1. The van der Waals surface area contributed by atoms with Crippen molar-refractivity contribution in [2.75, 3.05) is 0 Å². The van der Waals surface area contributed by atoms with Crippen molar-refractivity contribution >= 4 is 5.78 Å². The van der Waals surface area contributed by atoms with Crippen LogP contribution in [0.4, 0.5) is 0 Å². The van der Waals surface area contributed by atoms with Crippen LogP contribution < -0.4 is 0 Å². The number of ketones is 1. The Bertz CT molecular complexity index is 311. The van der Waals surface area contributed by atoms with Crippen LogP contribution in [-0.2, 0) is 0 Å². The van der Waals surface area contributed by atoms with E-state index in [-0.39, 0.29) is 11.7 Å². The van der Waals surface area contributed by atoms with Gasteiger partial charge < -0.3 is 0 Å². The number of hydrogen-bond acceptors (Lipinski definition) is 2. The predicted molar refractivity (Wildman–Crippen MR) is 50.6 cm³/mol. The molecule has 1 saturated carbocycles. The summed E-state index contributed by atoms with van der Waals surface area (Å²) in [5.74, 6) is 0.487. The second-order valence-electron chi connectivity index (χ2n) is 3.71. The third-order valence-corrected chi connectivity index (χ3v) is 2.64. The van der Waals surface area contributed by atoms with Crippen LogP contribution in [-0.4, -0.2) is 10.8 Å². The Kier molecular flexibility index (Phi) is 2.13. The Morgan fingerprint density at radius 3 is 2.69 bits per heavy atom. The number of carbonyl (C=O) groups excluding carboxylic acids is 1. The minimum Gasteiger partial charge on any atom is -0.292 e. The van der Waals surface area contributed by atoms with E-state index in [1.165, 1.54) is 6.42 Å². The number of aromatic nitrogens is 1. The van der Waals surface area contributed by atoms with Crippen LogP contribution >= 0.6 is 0 Å². The number of rotatable bonds is 2. The van der Waals surface area contributed by atoms with E-state index >= 15 is 0 Å². The molecule has 13 heavy (non-hydrogen) atoms. The van der Waals surface area contributed by atoms with Gasteiger partial charge in [-0.05, 0) is 31.4 Å². The van der Waals surface area contributed by atoms with Gasteiger partial charge >= 0.3 is 0 Å². The van der Waals surface area contributed by atoms with Crippen molar-refractivity contribution in [3.63, 3.8) is 0 Å². The summed E-state index contributed by atoms with van der Waals surface area (Å²) in [4.78, 5) is 15.8. The van der Waals surface area contributed by atoms with Crippen molar-refractivity contribution in [2.24, 2.45) is 5.92 Å². The lowest BCUT2D eigenvalue weighted by Gasteiger charge is -2.23. The van der Waals surface area contributed by atoms with Crippen molar-refractivity contribution in [2.45, 2.75) is 26.2 Å². The fraction of sp³-hybridized carbons (Fsp3) is 0.455. The van der Waals surface area contributed by atoms with E-state index in [1.807, 2.05) is 19.1 Å². The van der Waals surface area contributed by atoms with Crippen LogP contribution in [0.1, 0.15) is 35.3 Å². The Balaban J connectivity index is 2.15. The third-order valence-electron chi connectivity index (χ3n) is 2.64. The topological polar surface area (TPSA) is 30.0 Å². The summed E-state index contributed by atoms with van der Waals surface area (Å²) in [5.41, 5.74) is 1.74. The zero-order valence-electron chi connectivity index (χ0n) is 7.79. The molecule has 0 N–H and O–H groups in total. The van der Waals surface area contributed by atoms with Crippen molar-refractivity contribution in [1.29, 1.82) is 0 Å². The fourth-order valence-electron chi connectivity index (χ4n) is 1.49. The van der Waals surface area contributed by atoms with Gasteiger partial charge in [-0.15, -0.1) is 0 Å². The first-order chi connectivity index (χ1) is 6.27. The molecule has 0 aromatic carbocycles. The van der Waals surface area contributed by atoms with Crippen molar-refractivity contribution in [1.82, 2.24) is 4.98 Å². The van der Waals surface area contributed by atoms with Crippen LogP contribution in [0.2, 0.25) is 0 Å². The molecule has 0 aliphatic heterocycles. The zero-order valence-corrected chi connectivity index (χ0v) is 7.79. The molecule has 2 rings (SSSR count). The summed E-state index contributed by atoms with van der Waals surface area (Å²) in [7, 11) is 0. The summed E-state index contributed by atoms with van der Waals surface area (Å²) in [6.45, 7) is 1.98. The van der Waals surface area contributed by atoms with E-state index in [9.17, 15) is 4.79 Å². The highest BCUT2D eigenvalue weighted by atomic mass is 16.1. The van der Waals surface area contributed by atoms with Crippen LogP contribution in [0.3, 0.4) is 0 Å². The molecule has 2 nitrogen and oxygen atoms in total. The van der Waals surface area contributed by atoms with Crippen molar-refractivity contribution < 1.29 is 4.79 Å². The molecule has 0 radical (unpaired) electrons. The normalized spacial score (nSPS) is 16.7. The molecule has 1 aromatic heterocycles. The lowest BCUT2D eigenvalue weighted by atomic mass is 9.81. The van der Waals surface area contributed by atoms with Gasteiger partial charge in [0, 0.05) is 12.1 Å².